The Kier molecular flexibility index (Phi) is 6.26. The van der Waals surface area contributed by atoms with Gasteiger partial charge in [-0.25, -0.2) is 4.98 Å². The van der Waals surface area contributed by atoms with E-state index in [4.69, 9.17) is 4.98 Å². The number of carbonyl (C=O) groups excluding carboxylic acids is 2. The number of phenols is 1. The first-order chi connectivity index (χ1) is 17.0. The summed E-state index contributed by atoms with van der Waals surface area (Å²) in [6.07, 6.45) is 0.506. The van der Waals surface area contributed by atoms with Gasteiger partial charge in [-0.2, -0.15) is 0 Å². The molecule has 1 unspecified atom stereocenters. The fraction of sp³-hybridized carbons (Fsp3) is 0.250. The lowest BCUT2D eigenvalue weighted by Gasteiger charge is -2.40. The second-order valence-electron chi connectivity index (χ2n) is 9.05. The van der Waals surface area contributed by atoms with E-state index < -0.39 is 5.41 Å². The van der Waals surface area contributed by atoms with Gasteiger partial charge in [0.25, 0.3) is 5.91 Å². The third-order valence-electron chi connectivity index (χ3n) is 6.71. The summed E-state index contributed by atoms with van der Waals surface area (Å²) in [6.45, 7) is 3.73. The molecule has 0 saturated carbocycles. The number of piperazine rings is 1. The van der Waals surface area contributed by atoms with Crippen LogP contribution >= 0.6 is 11.3 Å². The van der Waals surface area contributed by atoms with Crippen LogP contribution in [-0.4, -0.2) is 57.9 Å². The summed E-state index contributed by atoms with van der Waals surface area (Å²) in [5.74, 6) is -0.198. The number of benzene rings is 3. The number of amides is 2. The van der Waals surface area contributed by atoms with Crippen LogP contribution in [0.4, 0.5) is 0 Å². The first-order valence-corrected chi connectivity index (χ1v) is 12.5. The van der Waals surface area contributed by atoms with E-state index in [9.17, 15) is 14.7 Å². The highest BCUT2D eigenvalue weighted by atomic mass is 32.1. The summed E-state index contributed by atoms with van der Waals surface area (Å²) < 4.78 is 1.11. The quantitative estimate of drug-likeness (QED) is 0.452. The maximum atomic E-state index is 14.0. The molecule has 2 amide bonds. The summed E-state index contributed by atoms with van der Waals surface area (Å²) in [5.41, 5.74) is 1.42. The van der Waals surface area contributed by atoms with Crippen molar-refractivity contribution < 1.29 is 14.7 Å². The van der Waals surface area contributed by atoms with Crippen molar-refractivity contribution in [3.8, 4) is 5.75 Å². The summed E-state index contributed by atoms with van der Waals surface area (Å²) in [7, 11) is 0. The van der Waals surface area contributed by atoms with Gasteiger partial charge in [0, 0.05) is 32.6 Å². The van der Waals surface area contributed by atoms with Crippen molar-refractivity contribution in [2.24, 2.45) is 0 Å². The molecule has 1 fully saturated rings. The van der Waals surface area contributed by atoms with E-state index in [2.05, 4.69) is 6.07 Å². The molecule has 1 N–H and O–H groups in total. The molecule has 1 aromatic heterocycles. The van der Waals surface area contributed by atoms with Gasteiger partial charge in [0.05, 0.1) is 26.2 Å². The van der Waals surface area contributed by atoms with Gasteiger partial charge in [-0.15, -0.1) is 11.3 Å². The molecular weight excluding hydrogens is 458 g/mol. The number of para-hydroxylation sites is 2. The molecule has 7 heteroatoms. The lowest BCUT2D eigenvalue weighted by atomic mass is 9.78. The number of rotatable bonds is 5. The van der Waals surface area contributed by atoms with Crippen LogP contribution < -0.4 is 0 Å². The Balaban J connectivity index is 1.36. The smallest absolute Gasteiger partial charge is 0.257 e. The minimum Gasteiger partial charge on any atom is -0.507 e. The Hall–Kier alpha value is -3.71. The molecule has 2 heterocycles. The van der Waals surface area contributed by atoms with Crippen LogP contribution in [0, 0.1) is 0 Å². The zero-order chi connectivity index (χ0) is 24.4. The van der Waals surface area contributed by atoms with Gasteiger partial charge in [0.15, 0.2) is 0 Å². The van der Waals surface area contributed by atoms with Gasteiger partial charge >= 0.3 is 0 Å². The maximum Gasteiger partial charge on any atom is 0.257 e. The largest absolute Gasteiger partial charge is 0.507 e. The van der Waals surface area contributed by atoms with E-state index in [0.29, 0.717) is 32.6 Å². The summed E-state index contributed by atoms with van der Waals surface area (Å²) in [6, 6.07) is 24.5. The first-order valence-electron chi connectivity index (χ1n) is 11.7. The molecule has 0 spiro atoms. The van der Waals surface area contributed by atoms with Gasteiger partial charge in [-0.1, -0.05) is 54.6 Å². The molecule has 1 saturated heterocycles. The second kappa shape index (κ2) is 9.50. The second-order valence-corrected chi connectivity index (χ2v) is 10.2. The molecule has 1 atom stereocenters. The van der Waals surface area contributed by atoms with Crippen LogP contribution in [0.2, 0.25) is 0 Å². The van der Waals surface area contributed by atoms with Gasteiger partial charge in [0.1, 0.15) is 5.75 Å². The lowest BCUT2D eigenvalue weighted by Crippen LogP contribution is -2.55. The molecule has 6 nitrogen and oxygen atoms in total. The molecule has 0 radical (unpaired) electrons. The monoisotopic (exact) mass is 485 g/mol. The van der Waals surface area contributed by atoms with Crippen LogP contribution in [0.25, 0.3) is 10.2 Å². The summed E-state index contributed by atoms with van der Waals surface area (Å²) >= 11 is 1.63. The fourth-order valence-corrected chi connectivity index (χ4v) is 5.82. The third kappa shape index (κ3) is 4.51. The summed E-state index contributed by atoms with van der Waals surface area (Å²) in [4.78, 5) is 35.3. The molecule has 3 aromatic carbocycles. The van der Waals surface area contributed by atoms with E-state index in [1.165, 1.54) is 6.07 Å². The number of nitrogens with zero attached hydrogens (tertiary/aromatic N) is 3. The predicted octanol–water partition coefficient (Wildman–Crippen LogP) is 4.49. The molecule has 1 aliphatic rings. The zero-order valence-electron chi connectivity index (χ0n) is 19.6. The number of carbonyl (C=O) groups is 2. The van der Waals surface area contributed by atoms with Crippen molar-refractivity contribution in [2.75, 3.05) is 26.2 Å². The number of aromatic hydroxyl groups is 1. The number of fused-ring (bicyclic) bond motifs is 1. The minimum absolute atomic E-state index is 0.0245. The molecule has 0 aliphatic carbocycles. The average molecular weight is 486 g/mol. The van der Waals surface area contributed by atoms with Crippen molar-refractivity contribution >= 4 is 33.4 Å². The highest BCUT2D eigenvalue weighted by molar-refractivity contribution is 7.18. The normalized spacial score (nSPS) is 15.7. The fourth-order valence-electron chi connectivity index (χ4n) is 4.69. The van der Waals surface area contributed by atoms with Gasteiger partial charge in [-0.3, -0.25) is 9.59 Å². The Morgan fingerprint density at radius 1 is 0.886 bits per heavy atom. The standard InChI is InChI=1S/C28H27N3O3S/c1-28(20-9-3-2-4-10-20,19-25-29-22-12-6-8-14-24(22)35-25)27(34)31-17-15-30(16-18-31)26(33)21-11-5-7-13-23(21)32/h2-14,32H,15-19H2,1H3. The highest BCUT2D eigenvalue weighted by Gasteiger charge is 2.40. The van der Waals surface area contributed by atoms with Crippen molar-refractivity contribution in [3.05, 3.63) is 95.0 Å². The zero-order valence-corrected chi connectivity index (χ0v) is 20.4. The maximum absolute atomic E-state index is 14.0. The lowest BCUT2D eigenvalue weighted by molar-refractivity contribution is -0.138. The Bertz CT molecular complexity index is 1330. The molecule has 178 valence electrons. The number of phenolic OH excluding ortho intramolecular Hbond substituents is 1. The topological polar surface area (TPSA) is 73.7 Å². The van der Waals surface area contributed by atoms with Crippen molar-refractivity contribution in [2.45, 2.75) is 18.8 Å². The van der Waals surface area contributed by atoms with Crippen LogP contribution in [0.15, 0.2) is 78.9 Å². The Labute approximate surface area is 208 Å². The third-order valence-corrected chi connectivity index (χ3v) is 7.75. The van der Waals surface area contributed by atoms with Gasteiger partial charge in [-0.05, 0) is 36.8 Å². The van der Waals surface area contributed by atoms with Crippen LogP contribution in [0.5, 0.6) is 5.75 Å². The molecule has 35 heavy (non-hydrogen) atoms. The van der Waals surface area contributed by atoms with Crippen molar-refractivity contribution in [3.63, 3.8) is 0 Å². The van der Waals surface area contributed by atoms with E-state index in [1.54, 1.807) is 34.4 Å². The number of hydrogen-bond donors (Lipinski definition) is 1. The van der Waals surface area contributed by atoms with E-state index in [-0.39, 0.29) is 23.1 Å². The van der Waals surface area contributed by atoms with Crippen molar-refractivity contribution in [1.82, 2.24) is 14.8 Å². The molecule has 4 aromatic rings. The van der Waals surface area contributed by atoms with E-state index in [0.717, 1.165) is 20.8 Å². The Morgan fingerprint density at radius 2 is 1.51 bits per heavy atom. The summed E-state index contributed by atoms with van der Waals surface area (Å²) in [5, 5.41) is 11.0. The van der Waals surface area contributed by atoms with Gasteiger partial charge in [0.2, 0.25) is 5.91 Å². The van der Waals surface area contributed by atoms with Crippen LogP contribution in [-0.2, 0) is 16.6 Å². The molecule has 1 aliphatic heterocycles. The molecule has 5 rings (SSSR count). The predicted molar refractivity (Wildman–Crippen MR) is 138 cm³/mol. The molecular formula is C28H27N3O3S. The molecule has 0 bridgehead atoms. The van der Waals surface area contributed by atoms with Gasteiger partial charge < -0.3 is 14.9 Å². The number of thiazole rings is 1. The first kappa shape index (κ1) is 23.1. The van der Waals surface area contributed by atoms with Crippen LogP contribution in [0.3, 0.4) is 0 Å². The Morgan fingerprint density at radius 3 is 2.23 bits per heavy atom. The van der Waals surface area contributed by atoms with Crippen LogP contribution in [0.1, 0.15) is 27.9 Å². The highest BCUT2D eigenvalue weighted by Crippen LogP contribution is 2.34. The SMILES string of the molecule is CC(Cc1nc2ccccc2s1)(C(=O)N1CCN(C(=O)c2ccccc2O)CC1)c1ccccc1. The van der Waals surface area contributed by atoms with E-state index >= 15 is 0 Å². The number of aromatic nitrogens is 1. The average Bonchev–Trinajstić information content (AvgIpc) is 3.31. The van der Waals surface area contributed by atoms with Crippen molar-refractivity contribution in [1.29, 1.82) is 0 Å². The minimum atomic E-state index is -0.779. The van der Waals surface area contributed by atoms with E-state index in [1.807, 2.05) is 60.4 Å². The number of hydrogen-bond acceptors (Lipinski definition) is 5.